The summed E-state index contributed by atoms with van der Waals surface area (Å²) in [5.74, 6) is 0.129. The summed E-state index contributed by atoms with van der Waals surface area (Å²) in [6.45, 7) is -2.82. The lowest BCUT2D eigenvalue weighted by Crippen LogP contribution is -2.10. The normalized spacial score (nSPS) is 12.7. The standard InChI is InChI=1S/C12H11F2NOS/c13-12(14)16-9-4-1-3-8(7-9)11(15)10-5-2-6-17-10/h1-7,11-12H,15H2/t11-/m1/s1. The zero-order chi connectivity index (χ0) is 12.3. The van der Waals surface area contributed by atoms with Crippen LogP contribution in [-0.2, 0) is 0 Å². The van der Waals surface area contributed by atoms with E-state index in [4.69, 9.17) is 5.73 Å². The summed E-state index contributed by atoms with van der Waals surface area (Å²) in [5, 5.41) is 1.93. The summed E-state index contributed by atoms with van der Waals surface area (Å²) in [6.07, 6.45) is 0. The van der Waals surface area contributed by atoms with Crippen LogP contribution in [0.4, 0.5) is 8.78 Å². The van der Waals surface area contributed by atoms with Crippen LogP contribution < -0.4 is 10.5 Å². The lowest BCUT2D eigenvalue weighted by atomic mass is 10.1. The van der Waals surface area contributed by atoms with Gasteiger partial charge in [0.1, 0.15) is 5.75 Å². The van der Waals surface area contributed by atoms with Gasteiger partial charge < -0.3 is 10.5 Å². The van der Waals surface area contributed by atoms with Crippen LogP contribution in [0.5, 0.6) is 5.75 Å². The van der Waals surface area contributed by atoms with Crippen LogP contribution in [0.3, 0.4) is 0 Å². The fraction of sp³-hybridized carbons (Fsp3) is 0.167. The fourth-order valence-corrected chi connectivity index (χ4v) is 2.27. The molecule has 2 nitrogen and oxygen atoms in total. The zero-order valence-corrected chi connectivity index (χ0v) is 9.66. The third-order valence-corrected chi connectivity index (χ3v) is 3.25. The van der Waals surface area contributed by atoms with Crippen molar-refractivity contribution in [3.8, 4) is 5.75 Å². The highest BCUT2D eigenvalue weighted by Gasteiger charge is 2.11. The van der Waals surface area contributed by atoms with Crippen molar-refractivity contribution < 1.29 is 13.5 Å². The van der Waals surface area contributed by atoms with Gasteiger partial charge in [0.05, 0.1) is 6.04 Å². The number of benzene rings is 1. The third kappa shape index (κ3) is 3.01. The van der Waals surface area contributed by atoms with Crippen molar-refractivity contribution in [3.63, 3.8) is 0 Å². The Bertz CT molecular complexity index is 473. The number of nitrogens with two attached hydrogens (primary N) is 1. The molecule has 0 saturated carbocycles. The van der Waals surface area contributed by atoms with Gasteiger partial charge in [-0.2, -0.15) is 8.78 Å². The Labute approximate surface area is 102 Å². The molecule has 0 aliphatic rings. The number of alkyl halides is 2. The highest BCUT2D eigenvalue weighted by molar-refractivity contribution is 7.10. The van der Waals surface area contributed by atoms with E-state index in [0.29, 0.717) is 0 Å². The average molecular weight is 255 g/mol. The molecule has 0 spiro atoms. The van der Waals surface area contributed by atoms with Gasteiger partial charge in [-0.15, -0.1) is 11.3 Å². The third-order valence-electron chi connectivity index (χ3n) is 2.29. The number of hydrogen-bond acceptors (Lipinski definition) is 3. The fourth-order valence-electron chi connectivity index (χ4n) is 1.52. The van der Waals surface area contributed by atoms with E-state index in [9.17, 15) is 8.78 Å². The first kappa shape index (κ1) is 12.0. The molecule has 5 heteroatoms. The zero-order valence-electron chi connectivity index (χ0n) is 8.85. The largest absolute Gasteiger partial charge is 0.435 e. The number of halogens is 2. The predicted octanol–water partition coefficient (Wildman–Crippen LogP) is 3.40. The van der Waals surface area contributed by atoms with Crippen LogP contribution in [-0.4, -0.2) is 6.61 Å². The molecule has 1 aromatic carbocycles. The monoisotopic (exact) mass is 255 g/mol. The van der Waals surface area contributed by atoms with Gasteiger partial charge in [0, 0.05) is 4.88 Å². The molecule has 0 aliphatic carbocycles. The van der Waals surface area contributed by atoms with Gasteiger partial charge in [-0.3, -0.25) is 0 Å². The minimum absolute atomic E-state index is 0.129. The number of ether oxygens (including phenoxy) is 1. The van der Waals surface area contributed by atoms with Crippen LogP contribution in [0, 0.1) is 0 Å². The lowest BCUT2D eigenvalue weighted by Gasteiger charge is -2.12. The summed E-state index contributed by atoms with van der Waals surface area (Å²) >= 11 is 1.53. The molecule has 2 N–H and O–H groups in total. The quantitative estimate of drug-likeness (QED) is 0.908. The highest BCUT2D eigenvalue weighted by Crippen LogP contribution is 2.26. The van der Waals surface area contributed by atoms with Gasteiger partial charge in [0.15, 0.2) is 0 Å². The molecular formula is C12H11F2NOS. The van der Waals surface area contributed by atoms with Gasteiger partial charge in [0.2, 0.25) is 0 Å². The van der Waals surface area contributed by atoms with Crippen molar-refractivity contribution in [1.29, 1.82) is 0 Å². The summed E-state index contributed by atoms with van der Waals surface area (Å²) in [4.78, 5) is 0.985. The number of rotatable bonds is 4. The van der Waals surface area contributed by atoms with E-state index in [1.54, 1.807) is 12.1 Å². The second-order valence-corrected chi connectivity index (χ2v) is 4.42. The Morgan fingerprint density at radius 3 is 2.65 bits per heavy atom. The molecular weight excluding hydrogens is 244 g/mol. The summed E-state index contributed by atoms with van der Waals surface area (Å²) in [5.41, 5.74) is 6.78. The molecule has 0 aliphatic heterocycles. The average Bonchev–Trinajstić information content (AvgIpc) is 2.81. The van der Waals surface area contributed by atoms with Crippen molar-refractivity contribution >= 4 is 11.3 Å². The second kappa shape index (κ2) is 5.25. The Morgan fingerprint density at radius 1 is 1.18 bits per heavy atom. The molecule has 0 bridgehead atoms. The first-order chi connectivity index (χ1) is 8.16. The molecule has 2 aromatic rings. The molecule has 1 atom stereocenters. The van der Waals surface area contributed by atoms with E-state index < -0.39 is 6.61 Å². The summed E-state index contributed by atoms with van der Waals surface area (Å²) < 4.78 is 28.5. The van der Waals surface area contributed by atoms with E-state index in [1.165, 1.54) is 23.5 Å². The van der Waals surface area contributed by atoms with Crippen LogP contribution in [0.15, 0.2) is 41.8 Å². The molecule has 17 heavy (non-hydrogen) atoms. The Hall–Kier alpha value is -1.46. The van der Waals surface area contributed by atoms with Crippen LogP contribution in [0.25, 0.3) is 0 Å². The van der Waals surface area contributed by atoms with Gasteiger partial charge in [0.25, 0.3) is 0 Å². The highest BCUT2D eigenvalue weighted by atomic mass is 32.1. The molecule has 0 amide bonds. The van der Waals surface area contributed by atoms with E-state index in [0.717, 1.165) is 10.4 Å². The molecule has 1 heterocycles. The maximum Gasteiger partial charge on any atom is 0.387 e. The molecule has 0 fully saturated rings. The van der Waals surface area contributed by atoms with Crippen molar-refractivity contribution in [3.05, 3.63) is 52.2 Å². The smallest absolute Gasteiger partial charge is 0.387 e. The summed E-state index contributed by atoms with van der Waals surface area (Å²) in [6, 6.07) is 9.97. The topological polar surface area (TPSA) is 35.2 Å². The van der Waals surface area contributed by atoms with E-state index >= 15 is 0 Å². The lowest BCUT2D eigenvalue weighted by molar-refractivity contribution is -0.0498. The van der Waals surface area contributed by atoms with E-state index in [-0.39, 0.29) is 11.8 Å². The second-order valence-electron chi connectivity index (χ2n) is 3.44. The summed E-state index contributed by atoms with van der Waals surface area (Å²) in [7, 11) is 0. The molecule has 0 radical (unpaired) electrons. The van der Waals surface area contributed by atoms with Crippen molar-refractivity contribution in [2.24, 2.45) is 5.73 Å². The van der Waals surface area contributed by atoms with Gasteiger partial charge in [-0.05, 0) is 29.1 Å². The van der Waals surface area contributed by atoms with E-state index in [1.807, 2.05) is 17.5 Å². The van der Waals surface area contributed by atoms with Crippen molar-refractivity contribution in [2.45, 2.75) is 12.7 Å². The minimum Gasteiger partial charge on any atom is -0.435 e. The van der Waals surface area contributed by atoms with Gasteiger partial charge in [-0.1, -0.05) is 18.2 Å². The Kier molecular flexibility index (Phi) is 3.71. The first-order valence-electron chi connectivity index (χ1n) is 5.00. The SMILES string of the molecule is N[C@H](c1cccc(OC(F)F)c1)c1cccs1. The van der Waals surface area contributed by atoms with Crippen molar-refractivity contribution in [2.75, 3.05) is 0 Å². The maximum absolute atomic E-state index is 12.1. The number of thiophene rings is 1. The van der Waals surface area contributed by atoms with Gasteiger partial charge in [-0.25, -0.2) is 0 Å². The predicted molar refractivity (Wildman–Crippen MR) is 63.4 cm³/mol. The maximum atomic E-state index is 12.1. The minimum atomic E-state index is -2.82. The molecule has 0 unspecified atom stereocenters. The molecule has 0 saturated heterocycles. The van der Waals surface area contributed by atoms with Crippen LogP contribution >= 0.6 is 11.3 Å². The number of hydrogen-bond donors (Lipinski definition) is 1. The molecule has 90 valence electrons. The van der Waals surface area contributed by atoms with Crippen molar-refractivity contribution in [1.82, 2.24) is 0 Å². The Morgan fingerprint density at radius 2 is 2.00 bits per heavy atom. The molecule has 2 rings (SSSR count). The molecule has 1 aromatic heterocycles. The first-order valence-corrected chi connectivity index (χ1v) is 5.88. The van der Waals surface area contributed by atoms with Gasteiger partial charge >= 0.3 is 6.61 Å². The van der Waals surface area contributed by atoms with Crippen LogP contribution in [0.2, 0.25) is 0 Å². The Balaban J connectivity index is 2.21. The van der Waals surface area contributed by atoms with Crippen LogP contribution in [0.1, 0.15) is 16.5 Å². The van der Waals surface area contributed by atoms with E-state index in [2.05, 4.69) is 4.74 Å².